The Morgan fingerprint density at radius 2 is 1.54 bits per heavy atom. The lowest BCUT2D eigenvalue weighted by molar-refractivity contribution is -0.116. The molecule has 1 aliphatic heterocycles. The van der Waals surface area contributed by atoms with E-state index in [-0.39, 0.29) is 17.0 Å². The third-order valence-corrected chi connectivity index (χ3v) is 7.74. The number of sulfonamides is 1. The Bertz CT molecular complexity index is 983. The third kappa shape index (κ3) is 3.96. The summed E-state index contributed by atoms with van der Waals surface area (Å²) in [5.74, 6) is 0.187. The number of hydrogen-bond donors (Lipinski definition) is 0. The van der Waals surface area contributed by atoms with Crippen molar-refractivity contribution in [3.05, 3.63) is 83.4 Å². The van der Waals surface area contributed by atoms with Crippen molar-refractivity contribution in [2.24, 2.45) is 5.41 Å². The number of carbonyl (C=O) groups is 1. The Labute approximate surface area is 166 Å². The molecule has 0 amide bonds. The Morgan fingerprint density at radius 1 is 0.893 bits per heavy atom. The van der Waals surface area contributed by atoms with E-state index in [4.69, 9.17) is 0 Å². The second-order valence-corrected chi connectivity index (χ2v) is 9.87. The van der Waals surface area contributed by atoms with Crippen molar-refractivity contribution in [1.82, 2.24) is 4.31 Å². The van der Waals surface area contributed by atoms with Crippen LogP contribution < -0.4 is 0 Å². The van der Waals surface area contributed by atoms with E-state index in [1.165, 1.54) is 5.56 Å². The fraction of sp³-hybridized carbons (Fsp3) is 0.348. The van der Waals surface area contributed by atoms with Crippen molar-refractivity contribution >= 4 is 15.8 Å². The summed E-state index contributed by atoms with van der Waals surface area (Å²) in [5, 5.41) is 0. The molecule has 2 aromatic rings. The van der Waals surface area contributed by atoms with E-state index in [1.807, 2.05) is 48.5 Å². The topological polar surface area (TPSA) is 54.5 Å². The molecule has 28 heavy (non-hydrogen) atoms. The van der Waals surface area contributed by atoms with Crippen LogP contribution in [0.15, 0.2) is 72.3 Å². The molecule has 2 aliphatic rings. The summed E-state index contributed by atoms with van der Waals surface area (Å²) in [7, 11) is -3.41. The van der Waals surface area contributed by atoms with Crippen molar-refractivity contribution in [3.63, 3.8) is 0 Å². The van der Waals surface area contributed by atoms with E-state index < -0.39 is 10.0 Å². The highest BCUT2D eigenvalue weighted by molar-refractivity contribution is 7.88. The van der Waals surface area contributed by atoms with Crippen LogP contribution >= 0.6 is 0 Å². The zero-order valence-corrected chi connectivity index (χ0v) is 16.7. The number of hydrogen-bond acceptors (Lipinski definition) is 3. The number of carbonyl (C=O) groups excluding carboxylic acids is 1. The van der Waals surface area contributed by atoms with Crippen molar-refractivity contribution in [3.8, 4) is 0 Å². The number of nitrogens with zero attached hydrogens (tertiary/aromatic N) is 1. The van der Waals surface area contributed by atoms with Crippen molar-refractivity contribution < 1.29 is 13.2 Å². The summed E-state index contributed by atoms with van der Waals surface area (Å²) in [6, 6.07) is 19.5. The Hall–Kier alpha value is -2.24. The number of piperidine rings is 1. The van der Waals surface area contributed by atoms with Gasteiger partial charge in [-0.25, -0.2) is 12.7 Å². The van der Waals surface area contributed by atoms with Crippen LogP contribution in [0.3, 0.4) is 0 Å². The number of fused-ring (bicyclic) bond motifs is 1. The van der Waals surface area contributed by atoms with Gasteiger partial charge in [-0.3, -0.25) is 4.79 Å². The van der Waals surface area contributed by atoms with Gasteiger partial charge < -0.3 is 0 Å². The van der Waals surface area contributed by atoms with Gasteiger partial charge in [0.1, 0.15) is 0 Å². The zero-order chi connectivity index (χ0) is 19.6. The zero-order valence-electron chi connectivity index (χ0n) is 15.9. The molecule has 0 radical (unpaired) electrons. The van der Waals surface area contributed by atoms with Crippen LogP contribution in [-0.2, 0) is 27.0 Å². The monoisotopic (exact) mass is 395 g/mol. The highest BCUT2D eigenvalue weighted by Gasteiger charge is 2.44. The molecular weight excluding hydrogens is 370 g/mol. The highest BCUT2D eigenvalue weighted by atomic mass is 32.2. The van der Waals surface area contributed by atoms with Crippen LogP contribution in [0.1, 0.15) is 30.4 Å². The quantitative estimate of drug-likeness (QED) is 0.775. The van der Waals surface area contributed by atoms with Gasteiger partial charge in [-0.15, -0.1) is 0 Å². The van der Waals surface area contributed by atoms with E-state index in [0.29, 0.717) is 32.4 Å². The Morgan fingerprint density at radius 3 is 2.21 bits per heavy atom. The third-order valence-electron chi connectivity index (χ3n) is 5.95. The molecule has 1 atom stereocenters. The molecule has 0 saturated carbocycles. The minimum atomic E-state index is -3.41. The van der Waals surface area contributed by atoms with Gasteiger partial charge >= 0.3 is 0 Å². The molecule has 1 unspecified atom stereocenters. The highest BCUT2D eigenvalue weighted by Crippen LogP contribution is 2.45. The molecule has 1 fully saturated rings. The van der Waals surface area contributed by atoms with Crippen molar-refractivity contribution in [2.45, 2.75) is 31.4 Å². The van der Waals surface area contributed by atoms with Gasteiger partial charge in [-0.1, -0.05) is 66.2 Å². The first kappa shape index (κ1) is 19.1. The maximum Gasteiger partial charge on any atom is 0.218 e. The minimum absolute atomic E-state index is 0.0211. The molecule has 0 spiro atoms. The van der Waals surface area contributed by atoms with Crippen LogP contribution in [0, 0.1) is 5.41 Å². The standard InChI is InChI=1S/C23H25NO3S/c25-22-11-13-23(16-19-7-3-1-4-8-19)18-24(14-12-21(23)15-22)28(26,27)17-20-9-5-2-6-10-20/h1-10,15H,11-14,16-18H2. The smallest absolute Gasteiger partial charge is 0.218 e. The first-order valence-electron chi connectivity index (χ1n) is 9.76. The normalized spacial score (nSPS) is 23.1. The fourth-order valence-electron chi connectivity index (χ4n) is 4.48. The van der Waals surface area contributed by atoms with Crippen LogP contribution in [-0.4, -0.2) is 31.6 Å². The lowest BCUT2D eigenvalue weighted by Crippen LogP contribution is -2.50. The first-order chi connectivity index (χ1) is 13.5. The summed E-state index contributed by atoms with van der Waals surface area (Å²) < 4.78 is 27.9. The molecule has 1 saturated heterocycles. The predicted molar refractivity (Wildman–Crippen MR) is 110 cm³/mol. The summed E-state index contributed by atoms with van der Waals surface area (Å²) in [4.78, 5) is 12.0. The number of rotatable bonds is 5. The molecule has 2 aromatic carbocycles. The first-order valence-corrected chi connectivity index (χ1v) is 11.4. The molecule has 0 N–H and O–H groups in total. The summed E-state index contributed by atoms with van der Waals surface area (Å²) in [5.41, 5.74) is 2.83. The van der Waals surface area contributed by atoms with Gasteiger partial charge in [0, 0.05) is 24.9 Å². The van der Waals surface area contributed by atoms with Gasteiger partial charge in [0.2, 0.25) is 10.0 Å². The minimum Gasteiger partial charge on any atom is -0.295 e. The van der Waals surface area contributed by atoms with Gasteiger partial charge in [-0.05, 0) is 36.5 Å². The second kappa shape index (κ2) is 7.64. The Kier molecular flexibility index (Phi) is 5.21. The van der Waals surface area contributed by atoms with E-state index in [1.54, 1.807) is 10.4 Å². The van der Waals surface area contributed by atoms with E-state index >= 15 is 0 Å². The fourth-order valence-corrected chi connectivity index (χ4v) is 6.09. The molecule has 0 bridgehead atoms. The molecule has 4 rings (SSSR count). The van der Waals surface area contributed by atoms with E-state index in [9.17, 15) is 13.2 Å². The van der Waals surface area contributed by atoms with Gasteiger partial charge in [0.15, 0.2) is 5.78 Å². The maximum absolute atomic E-state index is 13.1. The molecule has 5 heteroatoms. The van der Waals surface area contributed by atoms with Crippen molar-refractivity contribution in [1.29, 1.82) is 0 Å². The number of benzene rings is 2. The SMILES string of the molecule is O=C1C=C2CCN(S(=O)(=O)Cc3ccccc3)CC2(Cc2ccccc2)CC1. The van der Waals surface area contributed by atoms with E-state index in [0.717, 1.165) is 17.6 Å². The summed E-state index contributed by atoms with van der Waals surface area (Å²) >= 11 is 0. The molecule has 146 valence electrons. The van der Waals surface area contributed by atoms with Crippen LogP contribution in [0.5, 0.6) is 0 Å². The molecule has 0 aromatic heterocycles. The van der Waals surface area contributed by atoms with E-state index in [2.05, 4.69) is 12.1 Å². The number of allylic oxidation sites excluding steroid dienone is 1. The van der Waals surface area contributed by atoms with Crippen LogP contribution in [0.25, 0.3) is 0 Å². The lowest BCUT2D eigenvalue weighted by Gasteiger charge is -2.46. The Balaban J connectivity index is 1.62. The molecule has 1 aliphatic carbocycles. The largest absolute Gasteiger partial charge is 0.295 e. The summed E-state index contributed by atoms with van der Waals surface area (Å²) in [6.45, 7) is 0.904. The van der Waals surface area contributed by atoms with Crippen LogP contribution in [0.2, 0.25) is 0 Å². The number of ketones is 1. The molecule has 1 heterocycles. The molecule has 4 nitrogen and oxygen atoms in total. The van der Waals surface area contributed by atoms with Gasteiger partial charge in [-0.2, -0.15) is 0 Å². The molecular formula is C23H25NO3S. The average molecular weight is 396 g/mol. The summed E-state index contributed by atoms with van der Waals surface area (Å²) in [6.07, 6.45) is 4.39. The lowest BCUT2D eigenvalue weighted by atomic mass is 9.66. The van der Waals surface area contributed by atoms with Crippen LogP contribution in [0.4, 0.5) is 0 Å². The second-order valence-electron chi connectivity index (χ2n) is 7.90. The average Bonchev–Trinajstić information content (AvgIpc) is 2.69. The van der Waals surface area contributed by atoms with Crippen molar-refractivity contribution in [2.75, 3.05) is 13.1 Å². The maximum atomic E-state index is 13.1. The predicted octanol–water partition coefficient (Wildman–Crippen LogP) is 3.74. The van der Waals surface area contributed by atoms with Gasteiger partial charge in [0.05, 0.1) is 5.75 Å². The van der Waals surface area contributed by atoms with Gasteiger partial charge in [0.25, 0.3) is 0 Å².